The number of hydrogen-bond donors (Lipinski definition) is 2. The third-order valence-electron chi connectivity index (χ3n) is 2.39. The number of aromatic nitrogens is 2. The van der Waals surface area contributed by atoms with Crippen molar-refractivity contribution in [1.82, 2.24) is 20.4 Å². The highest BCUT2D eigenvalue weighted by atomic mass is 16.1. The van der Waals surface area contributed by atoms with E-state index in [9.17, 15) is 4.79 Å². The highest BCUT2D eigenvalue weighted by Crippen LogP contribution is 2.12. The summed E-state index contributed by atoms with van der Waals surface area (Å²) in [6.07, 6.45) is 3.84. The molecule has 18 heavy (non-hydrogen) atoms. The first-order chi connectivity index (χ1) is 8.29. The Kier molecular flexibility index (Phi) is 4.90. The van der Waals surface area contributed by atoms with Crippen LogP contribution in [0.2, 0.25) is 0 Å². The first kappa shape index (κ1) is 14.7. The summed E-state index contributed by atoms with van der Waals surface area (Å²) in [5.74, 6) is 0.0215. The van der Waals surface area contributed by atoms with E-state index in [-0.39, 0.29) is 17.5 Å². The van der Waals surface area contributed by atoms with Crippen LogP contribution in [0.5, 0.6) is 0 Å². The predicted octanol–water partition coefficient (Wildman–Crippen LogP) is 1.25. The third-order valence-corrected chi connectivity index (χ3v) is 2.39. The Hall–Kier alpha value is -1.36. The molecule has 0 atom stereocenters. The van der Waals surface area contributed by atoms with Gasteiger partial charge in [0.2, 0.25) is 5.91 Å². The van der Waals surface area contributed by atoms with Crippen LogP contribution in [0.15, 0.2) is 12.4 Å². The zero-order valence-corrected chi connectivity index (χ0v) is 11.9. The molecule has 1 rings (SSSR count). The third kappa shape index (κ3) is 4.87. The highest BCUT2D eigenvalue weighted by Gasteiger charge is 2.13. The molecular formula is C13H24N4O. The largest absolute Gasteiger partial charge is 0.353 e. The normalized spacial score (nSPS) is 11.9. The Labute approximate surface area is 109 Å². The smallest absolute Gasteiger partial charge is 0.234 e. The van der Waals surface area contributed by atoms with Crippen molar-refractivity contribution in [3.63, 3.8) is 0 Å². The van der Waals surface area contributed by atoms with Crippen LogP contribution in [0, 0.1) is 0 Å². The maximum atomic E-state index is 11.4. The first-order valence-corrected chi connectivity index (χ1v) is 6.33. The molecule has 0 fully saturated rings. The van der Waals surface area contributed by atoms with Gasteiger partial charge in [-0.15, -0.1) is 0 Å². The molecular weight excluding hydrogens is 228 g/mol. The molecule has 0 radical (unpaired) electrons. The van der Waals surface area contributed by atoms with E-state index in [1.807, 2.05) is 30.9 Å². The van der Waals surface area contributed by atoms with Gasteiger partial charge in [-0.05, 0) is 34.6 Å². The lowest BCUT2D eigenvalue weighted by atomic mass is 10.1. The molecule has 0 saturated carbocycles. The van der Waals surface area contributed by atoms with Gasteiger partial charge in [0.05, 0.1) is 18.3 Å². The molecule has 0 aliphatic heterocycles. The second kappa shape index (κ2) is 6.00. The fraction of sp³-hybridized carbons (Fsp3) is 0.692. The molecule has 5 heteroatoms. The van der Waals surface area contributed by atoms with E-state index in [0.29, 0.717) is 13.1 Å². The lowest BCUT2D eigenvalue weighted by Gasteiger charge is -2.18. The summed E-state index contributed by atoms with van der Waals surface area (Å²) in [5.41, 5.74) is 1.08. The van der Waals surface area contributed by atoms with E-state index in [1.165, 1.54) is 0 Å². The Morgan fingerprint density at radius 3 is 2.61 bits per heavy atom. The maximum Gasteiger partial charge on any atom is 0.234 e. The number of rotatable bonds is 5. The molecule has 0 unspecified atom stereocenters. The second-order valence-electron chi connectivity index (χ2n) is 5.79. The molecule has 0 saturated heterocycles. The summed E-state index contributed by atoms with van der Waals surface area (Å²) in [6.45, 7) is 11.2. The predicted molar refractivity (Wildman–Crippen MR) is 72.2 cm³/mol. The molecule has 2 N–H and O–H groups in total. The van der Waals surface area contributed by atoms with Gasteiger partial charge in [0.25, 0.3) is 0 Å². The molecule has 1 heterocycles. The summed E-state index contributed by atoms with van der Waals surface area (Å²) in [5, 5.41) is 10.3. The second-order valence-corrected chi connectivity index (χ2v) is 5.79. The summed E-state index contributed by atoms with van der Waals surface area (Å²) < 4.78 is 1.93. The number of carbonyl (C=O) groups is 1. The molecule has 1 aromatic rings. The fourth-order valence-electron chi connectivity index (χ4n) is 1.51. The van der Waals surface area contributed by atoms with Crippen molar-refractivity contribution in [2.75, 3.05) is 6.54 Å². The maximum absolute atomic E-state index is 11.4. The van der Waals surface area contributed by atoms with Crippen LogP contribution in [0.4, 0.5) is 0 Å². The minimum Gasteiger partial charge on any atom is -0.353 e. The van der Waals surface area contributed by atoms with Crippen molar-refractivity contribution in [3.8, 4) is 0 Å². The van der Waals surface area contributed by atoms with Gasteiger partial charge in [-0.3, -0.25) is 9.48 Å². The summed E-state index contributed by atoms with van der Waals surface area (Å²) in [7, 11) is 0. The highest BCUT2D eigenvalue weighted by molar-refractivity contribution is 5.78. The standard InChI is InChI=1S/C13H24N4O/c1-10(2)16-12(18)8-14-6-11-7-15-17(9-11)13(3,4)5/h7,9-10,14H,6,8H2,1-5H3,(H,16,18). The van der Waals surface area contributed by atoms with E-state index in [1.54, 1.807) is 0 Å². The van der Waals surface area contributed by atoms with Gasteiger partial charge in [0, 0.05) is 24.3 Å². The topological polar surface area (TPSA) is 59.0 Å². The van der Waals surface area contributed by atoms with Crippen LogP contribution in [0.1, 0.15) is 40.2 Å². The number of nitrogens with one attached hydrogen (secondary N) is 2. The Bertz CT molecular complexity index is 390. The van der Waals surface area contributed by atoms with E-state index in [4.69, 9.17) is 0 Å². The minimum absolute atomic E-state index is 0.00668. The molecule has 0 bridgehead atoms. The van der Waals surface area contributed by atoms with E-state index in [0.717, 1.165) is 5.56 Å². The SMILES string of the molecule is CC(C)NC(=O)CNCc1cnn(C(C)(C)C)c1. The zero-order chi connectivity index (χ0) is 13.8. The number of nitrogens with zero attached hydrogens (tertiary/aromatic N) is 2. The van der Waals surface area contributed by atoms with Gasteiger partial charge in [0.15, 0.2) is 0 Å². The Morgan fingerprint density at radius 2 is 2.11 bits per heavy atom. The molecule has 5 nitrogen and oxygen atoms in total. The van der Waals surface area contributed by atoms with Gasteiger partial charge in [-0.25, -0.2) is 0 Å². The number of amides is 1. The minimum atomic E-state index is -0.00668. The Balaban J connectivity index is 2.36. The average Bonchev–Trinajstić information content (AvgIpc) is 2.64. The van der Waals surface area contributed by atoms with Crippen molar-refractivity contribution in [2.45, 2.75) is 52.7 Å². The van der Waals surface area contributed by atoms with Gasteiger partial charge in [0.1, 0.15) is 0 Å². The van der Waals surface area contributed by atoms with Crippen LogP contribution >= 0.6 is 0 Å². The van der Waals surface area contributed by atoms with Crippen molar-refractivity contribution < 1.29 is 4.79 Å². The molecule has 1 amide bonds. The average molecular weight is 252 g/mol. The van der Waals surface area contributed by atoms with Crippen LogP contribution in [-0.4, -0.2) is 28.3 Å². The molecule has 1 aromatic heterocycles. The molecule has 0 aliphatic rings. The van der Waals surface area contributed by atoms with Crippen LogP contribution in [0.3, 0.4) is 0 Å². The lowest BCUT2D eigenvalue weighted by Crippen LogP contribution is -2.37. The fourth-order valence-corrected chi connectivity index (χ4v) is 1.51. The zero-order valence-electron chi connectivity index (χ0n) is 11.9. The van der Waals surface area contributed by atoms with Crippen molar-refractivity contribution in [1.29, 1.82) is 0 Å². The van der Waals surface area contributed by atoms with E-state index >= 15 is 0 Å². The van der Waals surface area contributed by atoms with Crippen LogP contribution < -0.4 is 10.6 Å². The summed E-state index contributed by atoms with van der Waals surface area (Å²) in [6, 6.07) is 0.183. The van der Waals surface area contributed by atoms with Crippen molar-refractivity contribution in [3.05, 3.63) is 18.0 Å². The van der Waals surface area contributed by atoms with Crippen molar-refractivity contribution >= 4 is 5.91 Å². The van der Waals surface area contributed by atoms with Crippen molar-refractivity contribution in [2.24, 2.45) is 0 Å². The summed E-state index contributed by atoms with van der Waals surface area (Å²) >= 11 is 0. The molecule has 0 aromatic carbocycles. The van der Waals surface area contributed by atoms with Gasteiger partial charge in [-0.1, -0.05) is 0 Å². The lowest BCUT2D eigenvalue weighted by molar-refractivity contribution is -0.120. The summed E-state index contributed by atoms with van der Waals surface area (Å²) in [4.78, 5) is 11.4. The van der Waals surface area contributed by atoms with Crippen LogP contribution in [0.25, 0.3) is 0 Å². The monoisotopic (exact) mass is 252 g/mol. The molecule has 0 aliphatic carbocycles. The van der Waals surface area contributed by atoms with Gasteiger partial charge in [-0.2, -0.15) is 5.10 Å². The van der Waals surface area contributed by atoms with Crippen LogP contribution in [-0.2, 0) is 16.9 Å². The first-order valence-electron chi connectivity index (χ1n) is 6.33. The molecule has 0 spiro atoms. The Morgan fingerprint density at radius 1 is 1.44 bits per heavy atom. The van der Waals surface area contributed by atoms with Gasteiger partial charge >= 0.3 is 0 Å². The van der Waals surface area contributed by atoms with E-state index < -0.39 is 0 Å². The quantitative estimate of drug-likeness (QED) is 0.829. The molecule has 102 valence electrons. The van der Waals surface area contributed by atoms with Gasteiger partial charge < -0.3 is 10.6 Å². The van der Waals surface area contributed by atoms with E-state index in [2.05, 4.69) is 36.5 Å². The number of hydrogen-bond acceptors (Lipinski definition) is 3. The number of carbonyl (C=O) groups excluding carboxylic acids is 1.